The molecule has 5 nitrogen and oxygen atoms in total. The summed E-state index contributed by atoms with van der Waals surface area (Å²) >= 11 is 0. The molecule has 2 rings (SSSR count). The number of halogens is 1. The molecular formula is C13H11ClN2O3S. The van der Waals surface area contributed by atoms with E-state index in [-0.39, 0.29) is 23.9 Å². The Morgan fingerprint density at radius 1 is 1.40 bits per heavy atom. The number of para-hydroxylation sites is 1. The van der Waals surface area contributed by atoms with Crippen molar-refractivity contribution >= 4 is 36.5 Å². The molecule has 0 aliphatic heterocycles. The van der Waals surface area contributed by atoms with Gasteiger partial charge in [0.15, 0.2) is 0 Å². The molecule has 1 amide bonds. The Morgan fingerprint density at radius 3 is 2.75 bits per heavy atom. The number of nitrogens with zero attached hydrogens (tertiary/aromatic N) is 1. The predicted molar refractivity (Wildman–Crippen MR) is 76.8 cm³/mol. The van der Waals surface area contributed by atoms with E-state index in [0.29, 0.717) is 10.9 Å². The Morgan fingerprint density at radius 2 is 2.10 bits per heavy atom. The molecule has 1 heterocycles. The average molecular weight is 311 g/mol. The van der Waals surface area contributed by atoms with Crippen LogP contribution in [0, 0.1) is 12.3 Å². The highest BCUT2D eigenvalue weighted by Gasteiger charge is 2.19. The molecule has 0 saturated carbocycles. The molecule has 20 heavy (non-hydrogen) atoms. The van der Waals surface area contributed by atoms with Crippen LogP contribution in [0.25, 0.3) is 10.9 Å². The molecule has 1 aromatic heterocycles. The van der Waals surface area contributed by atoms with Crippen molar-refractivity contribution in [2.75, 3.05) is 6.54 Å². The van der Waals surface area contributed by atoms with Crippen LogP contribution in [0.15, 0.2) is 35.4 Å². The minimum absolute atomic E-state index is 0.0143. The fourth-order valence-corrected chi connectivity index (χ4v) is 2.96. The molecule has 0 atom stereocenters. The highest BCUT2D eigenvalue weighted by atomic mass is 35.7. The molecular weight excluding hydrogens is 300 g/mol. The molecule has 0 bridgehead atoms. The number of aromatic nitrogens is 1. The zero-order chi connectivity index (χ0) is 14.8. The summed E-state index contributed by atoms with van der Waals surface area (Å²) in [5.74, 6) is 1.99. The lowest BCUT2D eigenvalue weighted by Gasteiger charge is -2.04. The second-order valence-corrected chi connectivity index (χ2v) is 6.59. The second kappa shape index (κ2) is 5.57. The van der Waals surface area contributed by atoms with Gasteiger partial charge in [-0.2, -0.15) is 0 Å². The molecule has 0 fully saturated rings. The van der Waals surface area contributed by atoms with E-state index in [1.807, 2.05) is 0 Å². The molecule has 0 unspecified atom stereocenters. The van der Waals surface area contributed by atoms with Crippen molar-refractivity contribution in [3.63, 3.8) is 0 Å². The Hall–Kier alpha value is -1.97. The third-order valence-corrected chi connectivity index (χ3v) is 4.07. The van der Waals surface area contributed by atoms with Crippen LogP contribution in [0.2, 0.25) is 0 Å². The lowest BCUT2D eigenvalue weighted by atomic mass is 10.2. The first-order valence-electron chi connectivity index (χ1n) is 5.66. The average Bonchev–Trinajstić information content (AvgIpc) is 2.75. The molecule has 104 valence electrons. The summed E-state index contributed by atoms with van der Waals surface area (Å²) in [5, 5.41) is 2.99. The van der Waals surface area contributed by atoms with Gasteiger partial charge < -0.3 is 9.88 Å². The lowest BCUT2D eigenvalue weighted by molar-refractivity contribution is -0.121. The number of amides is 1. The fraction of sp³-hybridized carbons (Fsp3) is 0.154. The number of fused-ring (bicyclic) bond motifs is 1. The van der Waals surface area contributed by atoms with Gasteiger partial charge in [0.2, 0.25) is 5.91 Å². The lowest BCUT2D eigenvalue weighted by Crippen LogP contribution is -2.27. The summed E-state index contributed by atoms with van der Waals surface area (Å²) in [4.78, 5) is 11.6. The van der Waals surface area contributed by atoms with Gasteiger partial charge in [-0.3, -0.25) is 4.79 Å². The first-order valence-corrected chi connectivity index (χ1v) is 7.97. The van der Waals surface area contributed by atoms with Crippen molar-refractivity contribution in [3.8, 4) is 12.3 Å². The number of carbonyl (C=O) groups excluding carboxylic acids is 1. The second-order valence-electron chi connectivity index (χ2n) is 4.06. The smallest absolute Gasteiger partial charge is 0.263 e. The standard InChI is InChI=1S/C13H11ClN2O3S/c1-2-7-15-13(17)9-16-8-12(20(14,18)19)10-5-3-4-6-11(10)16/h1,3-6,8H,7,9H2,(H,15,17). The summed E-state index contributed by atoms with van der Waals surface area (Å²) in [5.41, 5.74) is 0.614. The summed E-state index contributed by atoms with van der Waals surface area (Å²) in [7, 11) is 1.53. The van der Waals surface area contributed by atoms with E-state index >= 15 is 0 Å². The van der Waals surface area contributed by atoms with Crippen molar-refractivity contribution in [1.29, 1.82) is 0 Å². The number of nitrogens with one attached hydrogen (secondary N) is 1. The van der Waals surface area contributed by atoms with E-state index in [9.17, 15) is 13.2 Å². The van der Waals surface area contributed by atoms with Crippen LogP contribution in [0.5, 0.6) is 0 Å². The van der Waals surface area contributed by atoms with Crippen molar-refractivity contribution in [3.05, 3.63) is 30.5 Å². The summed E-state index contributed by atoms with van der Waals surface area (Å²) in [6, 6.07) is 6.81. The van der Waals surface area contributed by atoms with Gasteiger partial charge in [0.1, 0.15) is 11.4 Å². The van der Waals surface area contributed by atoms with Gasteiger partial charge in [-0.05, 0) is 6.07 Å². The molecule has 0 radical (unpaired) electrons. The van der Waals surface area contributed by atoms with Gasteiger partial charge in [-0.25, -0.2) is 8.42 Å². The Kier molecular flexibility index (Phi) is 4.02. The first-order chi connectivity index (χ1) is 9.43. The molecule has 7 heteroatoms. The van der Waals surface area contributed by atoms with E-state index in [2.05, 4.69) is 11.2 Å². The quantitative estimate of drug-likeness (QED) is 0.684. The van der Waals surface area contributed by atoms with Gasteiger partial charge in [0.25, 0.3) is 9.05 Å². The third-order valence-electron chi connectivity index (χ3n) is 2.72. The van der Waals surface area contributed by atoms with Crippen LogP contribution in [0.3, 0.4) is 0 Å². The Balaban J connectivity index is 2.45. The highest BCUT2D eigenvalue weighted by Crippen LogP contribution is 2.27. The molecule has 0 saturated heterocycles. The zero-order valence-electron chi connectivity index (χ0n) is 10.3. The van der Waals surface area contributed by atoms with Crippen molar-refractivity contribution in [2.24, 2.45) is 0 Å². The maximum absolute atomic E-state index is 11.7. The molecule has 0 aliphatic carbocycles. The summed E-state index contributed by atoms with van der Waals surface area (Å²) in [6.07, 6.45) is 6.40. The highest BCUT2D eigenvalue weighted by molar-refractivity contribution is 8.14. The predicted octanol–water partition coefficient (Wildman–Crippen LogP) is 1.32. The van der Waals surface area contributed by atoms with Crippen molar-refractivity contribution in [2.45, 2.75) is 11.4 Å². The Bertz CT molecular complexity index is 803. The van der Waals surface area contributed by atoms with E-state index in [1.54, 1.807) is 24.3 Å². The molecule has 1 N–H and O–H groups in total. The zero-order valence-corrected chi connectivity index (χ0v) is 11.9. The van der Waals surface area contributed by atoms with Crippen LogP contribution >= 0.6 is 10.7 Å². The monoisotopic (exact) mass is 310 g/mol. The van der Waals surface area contributed by atoms with E-state index in [1.165, 1.54) is 10.8 Å². The van der Waals surface area contributed by atoms with E-state index in [0.717, 1.165) is 0 Å². The fourth-order valence-electron chi connectivity index (χ4n) is 1.90. The van der Waals surface area contributed by atoms with Crippen LogP contribution in [-0.2, 0) is 20.4 Å². The summed E-state index contributed by atoms with van der Waals surface area (Å²) < 4.78 is 24.6. The SMILES string of the molecule is C#CCNC(=O)Cn1cc(S(=O)(=O)Cl)c2ccccc21. The maximum atomic E-state index is 11.7. The molecule has 0 aliphatic rings. The minimum Gasteiger partial charge on any atom is -0.344 e. The molecule has 2 aromatic rings. The maximum Gasteiger partial charge on any atom is 0.263 e. The normalized spacial score (nSPS) is 11.2. The first kappa shape index (κ1) is 14.4. The Labute approximate surface area is 120 Å². The van der Waals surface area contributed by atoms with Crippen molar-refractivity contribution < 1.29 is 13.2 Å². The number of hydrogen-bond acceptors (Lipinski definition) is 3. The number of benzene rings is 1. The van der Waals surface area contributed by atoms with Gasteiger partial charge in [0, 0.05) is 27.8 Å². The number of hydrogen-bond donors (Lipinski definition) is 1. The topological polar surface area (TPSA) is 68.2 Å². The summed E-state index contributed by atoms with van der Waals surface area (Å²) in [6.45, 7) is 0.0906. The van der Waals surface area contributed by atoms with Gasteiger partial charge >= 0.3 is 0 Å². The van der Waals surface area contributed by atoms with E-state index in [4.69, 9.17) is 17.1 Å². The van der Waals surface area contributed by atoms with Crippen LogP contribution < -0.4 is 5.32 Å². The van der Waals surface area contributed by atoms with Gasteiger partial charge in [0.05, 0.1) is 6.54 Å². The van der Waals surface area contributed by atoms with Gasteiger partial charge in [-0.15, -0.1) is 6.42 Å². The molecule has 0 spiro atoms. The van der Waals surface area contributed by atoms with Gasteiger partial charge in [-0.1, -0.05) is 24.1 Å². The van der Waals surface area contributed by atoms with Crippen LogP contribution in [-0.4, -0.2) is 25.4 Å². The van der Waals surface area contributed by atoms with E-state index < -0.39 is 9.05 Å². The molecule has 1 aromatic carbocycles. The number of terminal acetylenes is 1. The van der Waals surface area contributed by atoms with Crippen LogP contribution in [0.1, 0.15) is 0 Å². The largest absolute Gasteiger partial charge is 0.344 e. The van der Waals surface area contributed by atoms with Crippen molar-refractivity contribution in [1.82, 2.24) is 9.88 Å². The third kappa shape index (κ3) is 2.95. The van der Waals surface area contributed by atoms with Crippen LogP contribution in [0.4, 0.5) is 0 Å². The number of rotatable bonds is 4. The minimum atomic E-state index is -3.87. The number of carbonyl (C=O) groups is 1.